The molecule has 0 spiro atoms. The number of carbonyl (C=O) groups is 1. The van der Waals surface area contributed by atoms with E-state index < -0.39 is 0 Å². The van der Waals surface area contributed by atoms with Crippen molar-refractivity contribution >= 4 is 11.7 Å². The highest BCUT2D eigenvalue weighted by molar-refractivity contribution is 5.79. The number of nitrogens with zero attached hydrogens (tertiary/aromatic N) is 5. The fraction of sp³-hybridized carbons (Fsp3) is 0.500. The lowest BCUT2D eigenvalue weighted by atomic mass is 9.96. The maximum Gasteiger partial charge on any atom is 0.227 e. The Balaban J connectivity index is 1.62. The summed E-state index contributed by atoms with van der Waals surface area (Å²) < 4.78 is 4.95. The van der Waals surface area contributed by atoms with Gasteiger partial charge in [0, 0.05) is 33.3 Å². The molecule has 7 nitrogen and oxygen atoms in total. The first-order valence-electron chi connectivity index (χ1n) is 7.83. The molecule has 0 aromatic carbocycles. The zero-order valence-electron chi connectivity index (χ0n) is 13.5. The van der Waals surface area contributed by atoms with Crippen molar-refractivity contribution < 1.29 is 9.32 Å². The fourth-order valence-electron chi connectivity index (χ4n) is 2.93. The Morgan fingerprint density at radius 1 is 1.48 bits per heavy atom. The Hall–Kier alpha value is -2.44. The van der Waals surface area contributed by atoms with Crippen LogP contribution in [0, 0.1) is 12.8 Å². The van der Waals surface area contributed by atoms with Gasteiger partial charge in [-0.05, 0) is 25.0 Å². The first-order valence-corrected chi connectivity index (χ1v) is 7.83. The zero-order chi connectivity index (χ0) is 16.2. The number of amides is 1. The van der Waals surface area contributed by atoms with Crippen LogP contribution in [0.25, 0.3) is 0 Å². The number of aromatic nitrogens is 3. The second kappa shape index (κ2) is 6.76. The van der Waals surface area contributed by atoms with Crippen LogP contribution in [0.1, 0.15) is 24.6 Å². The van der Waals surface area contributed by atoms with Crippen LogP contribution in [0.3, 0.4) is 0 Å². The minimum absolute atomic E-state index is 0.0243. The van der Waals surface area contributed by atoms with E-state index in [9.17, 15) is 4.79 Å². The summed E-state index contributed by atoms with van der Waals surface area (Å²) in [6.45, 7) is 3.75. The Morgan fingerprint density at radius 3 is 3.04 bits per heavy atom. The highest BCUT2D eigenvalue weighted by atomic mass is 16.5. The molecular formula is C16H21N5O2. The SMILES string of the molecule is Cc1nc(CN(C)C(=O)[C@@H]2CCCN(c3ccccn3)C2)no1. The summed E-state index contributed by atoms with van der Waals surface area (Å²) in [4.78, 5) is 25.1. The molecule has 0 unspecified atom stereocenters. The number of hydrogen-bond acceptors (Lipinski definition) is 6. The quantitative estimate of drug-likeness (QED) is 0.854. The average molecular weight is 315 g/mol. The first-order chi connectivity index (χ1) is 11.1. The van der Waals surface area contributed by atoms with Gasteiger partial charge in [0.1, 0.15) is 5.82 Å². The van der Waals surface area contributed by atoms with E-state index in [0.717, 1.165) is 25.2 Å². The van der Waals surface area contributed by atoms with Gasteiger partial charge in [-0.25, -0.2) is 4.98 Å². The van der Waals surface area contributed by atoms with Crippen LogP contribution in [0.5, 0.6) is 0 Å². The van der Waals surface area contributed by atoms with Crippen LogP contribution < -0.4 is 4.90 Å². The number of carbonyl (C=O) groups excluding carboxylic acids is 1. The maximum absolute atomic E-state index is 12.7. The van der Waals surface area contributed by atoms with Gasteiger partial charge in [0.25, 0.3) is 0 Å². The van der Waals surface area contributed by atoms with Crippen molar-refractivity contribution in [2.75, 3.05) is 25.0 Å². The van der Waals surface area contributed by atoms with Crippen LogP contribution >= 0.6 is 0 Å². The molecule has 0 aliphatic carbocycles. The molecule has 0 N–H and O–H groups in total. The number of rotatable bonds is 4. The second-order valence-electron chi connectivity index (χ2n) is 5.90. The molecule has 23 heavy (non-hydrogen) atoms. The van der Waals surface area contributed by atoms with E-state index in [1.807, 2.05) is 18.2 Å². The normalized spacial score (nSPS) is 18.0. The standard InChI is InChI=1S/C16H21N5O2/c1-12-18-14(19-23-12)11-20(2)16(22)13-6-5-9-21(10-13)15-7-3-4-8-17-15/h3-4,7-8,13H,5-6,9-11H2,1-2H3/t13-/m1/s1. The van der Waals surface area contributed by atoms with E-state index in [0.29, 0.717) is 24.8 Å². The lowest BCUT2D eigenvalue weighted by Crippen LogP contribution is -2.43. The van der Waals surface area contributed by atoms with Gasteiger partial charge in [-0.1, -0.05) is 11.2 Å². The van der Waals surface area contributed by atoms with Crippen molar-refractivity contribution in [3.05, 3.63) is 36.1 Å². The van der Waals surface area contributed by atoms with Crippen molar-refractivity contribution in [1.29, 1.82) is 0 Å². The van der Waals surface area contributed by atoms with Gasteiger partial charge in [0.2, 0.25) is 11.8 Å². The van der Waals surface area contributed by atoms with E-state index >= 15 is 0 Å². The largest absolute Gasteiger partial charge is 0.356 e. The van der Waals surface area contributed by atoms with Gasteiger partial charge >= 0.3 is 0 Å². The van der Waals surface area contributed by atoms with Crippen molar-refractivity contribution in [2.24, 2.45) is 5.92 Å². The number of anilines is 1. The van der Waals surface area contributed by atoms with Gasteiger partial charge < -0.3 is 14.3 Å². The summed E-state index contributed by atoms with van der Waals surface area (Å²) in [6.07, 6.45) is 3.67. The zero-order valence-corrected chi connectivity index (χ0v) is 13.5. The minimum atomic E-state index is -0.0243. The third-order valence-electron chi connectivity index (χ3n) is 4.07. The Kier molecular flexibility index (Phi) is 4.55. The molecule has 3 heterocycles. The average Bonchev–Trinajstić information content (AvgIpc) is 3.00. The van der Waals surface area contributed by atoms with Gasteiger partial charge in [-0.3, -0.25) is 4.79 Å². The lowest BCUT2D eigenvalue weighted by Gasteiger charge is -2.34. The predicted molar refractivity (Wildman–Crippen MR) is 84.7 cm³/mol. The van der Waals surface area contributed by atoms with E-state index in [-0.39, 0.29) is 11.8 Å². The van der Waals surface area contributed by atoms with Crippen LogP contribution in [0.4, 0.5) is 5.82 Å². The van der Waals surface area contributed by atoms with Gasteiger partial charge in [0.15, 0.2) is 5.82 Å². The fourth-order valence-corrected chi connectivity index (χ4v) is 2.93. The summed E-state index contributed by atoms with van der Waals surface area (Å²) >= 11 is 0. The van der Waals surface area contributed by atoms with Crippen LogP contribution in [-0.2, 0) is 11.3 Å². The number of piperidine rings is 1. The Labute approximate surface area is 135 Å². The molecule has 2 aromatic rings. The molecule has 2 aromatic heterocycles. The highest BCUT2D eigenvalue weighted by Crippen LogP contribution is 2.23. The van der Waals surface area contributed by atoms with Crippen LogP contribution in [-0.4, -0.2) is 46.1 Å². The molecule has 1 aliphatic heterocycles. The van der Waals surface area contributed by atoms with E-state index in [2.05, 4.69) is 20.0 Å². The first kappa shape index (κ1) is 15.5. The molecule has 1 fully saturated rings. The van der Waals surface area contributed by atoms with Gasteiger partial charge in [0.05, 0.1) is 12.5 Å². The molecule has 0 bridgehead atoms. The van der Waals surface area contributed by atoms with E-state index in [1.54, 1.807) is 25.1 Å². The topological polar surface area (TPSA) is 75.4 Å². The molecule has 1 saturated heterocycles. The molecule has 1 atom stereocenters. The van der Waals surface area contributed by atoms with E-state index in [1.165, 1.54) is 0 Å². The third kappa shape index (κ3) is 3.67. The molecule has 3 rings (SSSR count). The molecule has 7 heteroatoms. The number of aryl methyl sites for hydroxylation is 1. The molecule has 0 radical (unpaired) electrons. The summed E-state index contributed by atoms with van der Waals surface area (Å²) in [6, 6.07) is 5.86. The van der Waals surface area contributed by atoms with Crippen molar-refractivity contribution in [2.45, 2.75) is 26.3 Å². The predicted octanol–water partition coefficient (Wildman–Crippen LogP) is 1.65. The summed E-state index contributed by atoms with van der Waals surface area (Å²) in [5, 5.41) is 3.85. The van der Waals surface area contributed by atoms with Crippen LogP contribution in [0.2, 0.25) is 0 Å². The summed E-state index contributed by atoms with van der Waals surface area (Å²) in [5.74, 6) is 2.08. The summed E-state index contributed by atoms with van der Waals surface area (Å²) in [5.41, 5.74) is 0. The van der Waals surface area contributed by atoms with Gasteiger partial charge in [-0.15, -0.1) is 0 Å². The third-order valence-corrected chi connectivity index (χ3v) is 4.07. The molecular weight excluding hydrogens is 294 g/mol. The monoisotopic (exact) mass is 315 g/mol. The Morgan fingerprint density at radius 2 is 2.35 bits per heavy atom. The molecule has 122 valence electrons. The second-order valence-corrected chi connectivity index (χ2v) is 5.90. The molecule has 0 saturated carbocycles. The van der Waals surface area contributed by atoms with Crippen molar-refractivity contribution in [1.82, 2.24) is 20.0 Å². The number of pyridine rings is 1. The van der Waals surface area contributed by atoms with Crippen molar-refractivity contribution in [3.8, 4) is 0 Å². The van der Waals surface area contributed by atoms with Crippen molar-refractivity contribution in [3.63, 3.8) is 0 Å². The van der Waals surface area contributed by atoms with E-state index in [4.69, 9.17) is 4.52 Å². The number of hydrogen-bond donors (Lipinski definition) is 0. The smallest absolute Gasteiger partial charge is 0.227 e. The van der Waals surface area contributed by atoms with Crippen LogP contribution in [0.15, 0.2) is 28.9 Å². The summed E-state index contributed by atoms with van der Waals surface area (Å²) in [7, 11) is 1.79. The highest BCUT2D eigenvalue weighted by Gasteiger charge is 2.29. The lowest BCUT2D eigenvalue weighted by molar-refractivity contribution is -0.135. The molecule has 1 aliphatic rings. The maximum atomic E-state index is 12.7. The molecule has 1 amide bonds. The van der Waals surface area contributed by atoms with Gasteiger partial charge in [-0.2, -0.15) is 4.98 Å². The Bertz CT molecular complexity index is 658. The minimum Gasteiger partial charge on any atom is -0.356 e.